The van der Waals surface area contributed by atoms with Crippen LogP contribution in [0.4, 0.5) is 5.69 Å². The Labute approximate surface area is 96.4 Å². The van der Waals surface area contributed by atoms with Crippen molar-refractivity contribution >= 4 is 5.69 Å². The molecule has 0 saturated carbocycles. The van der Waals surface area contributed by atoms with Crippen LogP contribution in [0.15, 0.2) is 28.7 Å². The van der Waals surface area contributed by atoms with E-state index in [0.717, 1.165) is 0 Å². The molecule has 0 radical (unpaired) electrons. The Kier molecular flexibility index (Phi) is 2.84. The van der Waals surface area contributed by atoms with Gasteiger partial charge in [0.05, 0.1) is 11.0 Å². The molecule has 7 heteroatoms. The van der Waals surface area contributed by atoms with Gasteiger partial charge in [0.15, 0.2) is 0 Å². The molecule has 7 nitrogen and oxygen atoms in total. The Balaban J connectivity index is 2.38. The number of rotatable bonds is 3. The second-order valence-corrected chi connectivity index (χ2v) is 3.54. The lowest BCUT2D eigenvalue weighted by Gasteiger charge is -1.96. The molecule has 1 aromatic heterocycles. The minimum absolute atomic E-state index is 0.0250. The average Bonchev–Trinajstić information content (AvgIpc) is 2.78. The fourth-order valence-electron chi connectivity index (χ4n) is 1.29. The van der Waals surface area contributed by atoms with Gasteiger partial charge in [-0.1, -0.05) is 6.07 Å². The van der Waals surface area contributed by atoms with Crippen LogP contribution in [0.2, 0.25) is 0 Å². The highest BCUT2D eigenvalue weighted by atomic mass is 16.6. The van der Waals surface area contributed by atoms with Crippen molar-refractivity contribution in [3.05, 3.63) is 40.3 Å². The first-order valence-electron chi connectivity index (χ1n) is 4.91. The van der Waals surface area contributed by atoms with E-state index in [-0.39, 0.29) is 17.6 Å². The fourth-order valence-corrected chi connectivity index (χ4v) is 1.29. The Bertz CT molecular complexity index is 550. The Hall–Kier alpha value is -2.28. The maximum atomic E-state index is 10.6. The van der Waals surface area contributed by atoms with Crippen LogP contribution < -0.4 is 5.73 Å². The molecule has 0 aliphatic rings. The molecule has 0 amide bonds. The van der Waals surface area contributed by atoms with Crippen molar-refractivity contribution in [2.75, 3.05) is 0 Å². The highest BCUT2D eigenvalue weighted by Crippen LogP contribution is 2.23. The van der Waals surface area contributed by atoms with E-state index in [9.17, 15) is 10.1 Å². The predicted molar refractivity (Wildman–Crippen MR) is 59.0 cm³/mol. The van der Waals surface area contributed by atoms with E-state index in [1.807, 2.05) is 0 Å². The van der Waals surface area contributed by atoms with Crippen LogP contribution in [0.3, 0.4) is 0 Å². The van der Waals surface area contributed by atoms with Crippen LogP contribution in [-0.2, 0) is 0 Å². The van der Waals surface area contributed by atoms with Gasteiger partial charge in [0.25, 0.3) is 5.69 Å². The highest BCUT2D eigenvalue weighted by Gasteiger charge is 2.14. The zero-order valence-electron chi connectivity index (χ0n) is 9.03. The van der Waals surface area contributed by atoms with Crippen molar-refractivity contribution in [3.8, 4) is 11.5 Å². The summed E-state index contributed by atoms with van der Waals surface area (Å²) >= 11 is 0. The number of nitro groups is 1. The average molecular weight is 234 g/mol. The molecular formula is C10H10N4O3. The van der Waals surface area contributed by atoms with E-state index < -0.39 is 4.92 Å². The summed E-state index contributed by atoms with van der Waals surface area (Å²) in [6.45, 7) is 1.71. The molecule has 2 aromatic rings. The second-order valence-electron chi connectivity index (χ2n) is 3.54. The van der Waals surface area contributed by atoms with Crippen LogP contribution in [0, 0.1) is 10.1 Å². The number of nitrogens with zero attached hydrogens (tertiary/aromatic N) is 3. The molecule has 1 unspecified atom stereocenters. The van der Waals surface area contributed by atoms with Crippen LogP contribution in [0.1, 0.15) is 18.9 Å². The first-order valence-corrected chi connectivity index (χ1v) is 4.91. The molecular weight excluding hydrogens is 224 g/mol. The Morgan fingerprint density at radius 2 is 2.24 bits per heavy atom. The Morgan fingerprint density at radius 3 is 2.82 bits per heavy atom. The van der Waals surface area contributed by atoms with E-state index in [0.29, 0.717) is 11.5 Å². The maximum absolute atomic E-state index is 10.6. The van der Waals surface area contributed by atoms with E-state index in [4.69, 9.17) is 10.2 Å². The molecule has 0 aliphatic carbocycles. The lowest BCUT2D eigenvalue weighted by molar-refractivity contribution is -0.384. The van der Waals surface area contributed by atoms with Crippen molar-refractivity contribution in [1.82, 2.24) is 10.2 Å². The minimum Gasteiger partial charge on any atom is -0.419 e. The monoisotopic (exact) mass is 234 g/mol. The van der Waals surface area contributed by atoms with Gasteiger partial charge in [-0.05, 0) is 13.0 Å². The van der Waals surface area contributed by atoms with Gasteiger partial charge in [-0.15, -0.1) is 10.2 Å². The molecule has 0 fully saturated rings. The number of hydrogen-bond acceptors (Lipinski definition) is 6. The maximum Gasteiger partial charge on any atom is 0.270 e. The van der Waals surface area contributed by atoms with Crippen LogP contribution >= 0.6 is 0 Å². The van der Waals surface area contributed by atoms with E-state index in [1.54, 1.807) is 19.1 Å². The molecule has 1 heterocycles. The van der Waals surface area contributed by atoms with Crippen molar-refractivity contribution in [2.45, 2.75) is 13.0 Å². The highest BCUT2D eigenvalue weighted by molar-refractivity contribution is 5.57. The van der Waals surface area contributed by atoms with Gasteiger partial charge in [-0.2, -0.15) is 0 Å². The predicted octanol–water partition coefficient (Wildman–Crippen LogP) is 1.66. The lowest BCUT2D eigenvalue weighted by atomic mass is 10.2. The third kappa shape index (κ3) is 2.28. The lowest BCUT2D eigenvalue weighted by Crippen LogP contribution is -2.04. The standard InChI is InChI=1S/C10H10N4O3/c1-6(11)9-12-13-10(17-9)7-3-2-4-8(5-7)14(15)16/h2-6H,11H2,1H3. The summed E-state index contributed by atoms with van der Waals surface area (Å²) in [7, 11) is 0. The normalized spacial score (nSPS) is 12.4. The van der Waals surface area contributed by atoms with Crippen LogP contribution in [0.25, 0.3) is 11.5 Å². The van der Waals surface area contributed by atoms with Gasteiger partial charge in [-0.25, -0.2) is 0 Å². The van der Waals surface area contributed by atoms with Gasteiger partial charge in [0.1, 0.15) is 0 Å². The van der Waals surface area contributed by atoms with Gasteiger partial charge < -0.3 is 10.2 Å². The molecule has 17 heavy (non-hydrogen) atoms. The Morgan fingerprint density at radius 1 is 1.47 bits per heavy atom. The molecule has 0 bridgehead atoms. The molecule has 0 aliphatic heterocycles. The second kappa shape index (κ2) is 4.30. The summed E-state index contributed by atoms with van der Waals surface area (Å²) in [6.07, 6.45) is 0. The van der Waals surface area contributed by atoms with Gasteiger partial charge in [0, 0.05) is 17.7 Å². The minimum atomic E-state index is -0.480. The molecule has 88 valence electrons. The van der Waals surface area contributed by atoms with Gasteiger partial charge >= 0.3 is 0 Å². The largest absolute Gasteiger partial charge is 0.419 e. The van der Waals surface area contributed by atoms with Crippen molar-refractivity contribution in [1.29, 1.82) is 0 Å². The first kappa shape index (κ1) is 11.2. The summed E-state index contributed by atoms with van der Waals surface area (Å²) < 4.78 is 5.30. The number of nitro benzene ring substituents is 1. The van der Waals surface area contributed by atoms with Gasteiger partial charge in [-0.3, -0.25) is 10.1 Å². The summed E-state index contributed by atoms with van der Waals surface area (Å²) in [5, 5.41) is 18.2. The molecule has 0 saturated heterocycles. The third-order valence-electron chi connectivity index (χ3n) is 2.13. The number of nitrogens with two attached hydrogens (primary N) is 1. The summed E-state index contributed by atoms with van der Waals surface area (Å²) in [4.78, 5) is 10.1. The van der Waals surface area contributed by atoms with Crippen LogP contribution in [0.5, 0.6) is 0 Å². The van der Waals surface area contributed by atoms with Crippen LogP contribution in [-0.4, -0.2) is 15.1 Å². The zero-order chi connectivity index (χ0) is 12.4. The number of benzene rings is 1. The number of hydrogen-bond donors (Lipinski definition) is 1. The van der Waals surface area contributed by atoms with Crippen molar-refractivity contribution in [3.63, 3.8) is 0 Å². The zero-order valence-corrected chi connectivity index (χ0v) is 9.03. The van der Waals surface area contributed by atoms with E-state index >= 15 is 0 Å². The SMILES string of the molecule is CC(N)c1nnc(-c2cccc([N+](=O)[O-])c2)o1. The number of non-ortho nitro benzene ring substituents is 1. The third-order valence-corrected chi connectivity index (χ3v) is 2.13. The van der Waals surface area contributed by atoms with E-state index in [2.05, 4.69) is 10.2 Å². The molecule has 1 aromatic carbocycles. The first-order chi connectivity index (χ1) is 8.08. The molecule has 0 spiro atoms. The molecule has 2 rings (SSSR count). The van der Waals surface area contributed by atoms with E-state index in [1.165, 1.54) is 12.1 Å². The fraction of sp³-hybridized carbons (Fsp3) is 0.200. The van der Waals surface area contributed by atoms with Crippen molar-refractivity contribution in [2.24, 2.45) is 5.73 Å². The molecule has 2 N–H and O–H groups in total. The quantitative estimate of drug-likeness (QED) is 0.639. The van der Waals surface area contributed by atoms with Gasteiger partial charge in [0.2, 0.25) is 11.8 Å². The number of aromatic nitrogens is 2. The smallest absolute Gasteiger partial charge is 0.270 e. The summed E-state index contributed by atoms with van der Waals surface area (Å²) in [6, 6.07) is 5.62. The summed E-state index contributed by atoms with van der Waals surface area (Å²) in [5.74, 6) is 0.521. The van der Waals surface area contributed by atoms with Crippen molar-refractivity contribution < 1.29 is 9.34 Å². The topological polar surface area (TPSA) is 108 Å². The summed E-state index contributed by atoms with van der Waals surface area (Å²) in [5.41, 5.74) is 6.05. The molecule has 1 atom stereocenters.